The molecule has 0 aromatic heterocycles. The lowest BCUT2D eigenvalue weighted by atomic mass is 10.1. The van der Waals surface area contributed by atoms with Crippen LogP contribution in [0.4, 0.5) is 0 Å². The zero-order valence-corrected chi connectivity index (χ0v) is 25.4. The zero-order valence-electron chi connectivity index (χ0n) is 23.8. The second kappa shape index (κ2) is 13.3. The topological polar surface area (TPSA) is 139 Å². The van der Waals surface area contributed by atoms with Crippen molar-refractivity contribution in [2.75, 3.05) is 26.3 Å². The van der Waals surface area contributed by atoms with Crippen LogP contribution in [0.2, 0.25) is 0 Å². The number of fused-ring (bicyclic) bond motifs is 3. The van der Waals surface area contributed by atoms with Crippen LogP contribution in [0, 0.1) is 0 Å². The lowest BCUT2D eigenvalue weighted by Crippen LogP contribution is -2.30. The molecule has 0 fully saturated rings. The monoisotopic (exact) mass is 620 g/mol. The van der Waals surface area contributed by atoms with E-state index in [4.69, 9.17) is 20.9 Å². The van der Waals surface area contributed by atoms with Crippen molar-refractivity contribution in [1.82, 2.24) is 0 Å². The first-order valence-electron chi connectivity index (χ1n) is 14.2. The van der Waals surface area contributed by atoms with Crippen LogP contribution >= 0.6 is 0 Å². The average molecular weight is 621 g/mol. The minimum atomic E-state index is -3.60. The molecule has 1 aliphatic rings. The summed E-state index contributed by atoms with van der Waals surface area (Å²) in [5.74, 6) is 1.17. The third-order valence-corrected chi connectivity index (χ3v) is 12.1. The van der Waals surface area contributed by atoms with Gasteiger partial charge in [-0.3, -0.25) is 0 Å². The fourth-order valence-electron chi connectivity index (χ4n) is 5.35. The lowest BCUT2D eigenvalue weighted by molar-refractivity contribution is 0.308. The third-order valence-electron chi connectivity index (χ3n) is 7.69. The highest BCUT2D eigenvalue weighted by Crippen LogP contribution is 2.40. The van der Waals surface area contributed by atoms with Gasteiger partial charge in [0, 0.05) is 0 Å². The van der Waals surface area contributed by atoms with E-state index in [1.165, 1.54) is 0 Å². The number of hydrogen-bond donors (Lipinski definition) is 2. The summed E-state index contributed by atoms with van der Waals surface area (Å²) < 4.78 is 64.7. The second-order valence-electron chi connectivity index (χ2n) is 10.6. The highest BCUT2D eigenvalue weighted by atomic mass is 32.2. The molecule has 1 aliphatic carbocycles. The zero-order chi connectivity index (χ0) is 30.5. The Morgan fingerprint density at radius 3 is 1.35 bits per heavy atom. The predicted molar refractivity (Wildman–Crippen MR) is 168 cm³/mol. The molecule has 0 heterocycles. The van der Waals surface area contributed by atoms with Gasteiger partial charge in [-0.15, -0.1) is 0 Å². The molecule has 0 saturated carbocycles. The first-order chi connectivity index (χ1) is 20.7. The summed E-state index contributed by atoms with van der Waals surface area (Å²) in [4.78, 5) is 0.512. The van der Waals surface area contributed by atoms with Crippen molar-refractivity contribution >= 4 is 19.7 Å². The van der Waals surface area contributed by atoms with Crippen LogP contribution < -0.4 is 20.9 Å². The van der Waals surface area contributed by atoms with Gasteiger partial charge in [0.2, 0.25) is 0 Å². The van der Waals surface area contributed by atoms with Crippen LogP contribution in [-0.4, -0.2) is 53.6 Å². The molecule has 0 spiro atoms. The van der Waals surface area contributed by atoms with Gasteiger partial charge in [0.1, 0.15) is 35.2 Å². The van der Waals surface area contributed by atoms with Gasteiger partial charge >= 0.3 is 0 Å². The largest absolute Gasteiger partial charge is 0.492 e. The van der Waals surface area contributed by atoms with Crippen LogP contribution in [0.3, 0.4) is 0 Å². The summed E-state index contributed by atoms with van der Waals surface area (Å²) in [5, 5.41) is -1.53. The molecule has 0 amide bonds. The molecule has 5 rings (SSSR count). The fraction of sp³-hybridized carbons (Fsp3) is 0.273. The normalized spacial score (nSPS) is 14.0. The summed E-state index contributed by atoms with van der Waals surface area (Å²) in [7, 11) is -7.20. The third kappa shape index (κ3) is 6.78. The molecular weight excluding hydrogens is 585 g/mol. The van der Waals surface area contributed by atoms with Gasteiger partial charge in [0.25, 0.3) is 0 Å². The van der Waals surface area contributed by atoms with Crippen LogP contribution in [0.1, 0.15) is 24.0 Å². The maximum absolute atomic E-state index is 13.2. The van der Waals surface area contributed by atoms with E-state index in [1.807, 2.05) is 36.4 Å². The average Bonchev–Trinajstić information content (AvgIpc) is 3.39. The predicted octanol–water partition coefficient (Wildman–Crippen LogP) is 4.40. The smallest absolute Gasteiger partial charge is 0.184 e. The standard InChI is InChI=1S/C33H36N2O6S2/c34-17-15-30(42(36,37)28-7-3-1-4-8-28)22-40-26-11-13-32-24(20-26)19-25-21-27(12-14-33(25)32)41-23-31(16-18-35)43(38,39)29-9-5-2-6-10-29/h1-14,20-21,30-31H,15-19,22-23,34-35H2. The molecule has 0 saturated heterocycles. The number of benzene rings is 4. The summed E-state index contributed by atoms with van der Waals surface area (Å²) in [6, 6.07) is 28.2. The van der Waals surface area contributed by atoms with E-state index < -0.39 is 30.2 Å². The molecule has 8 nitrogen and oxygen atoms in total. The fourth-order valence-corrected chi connectivity index (χ4v) is 8.58. The summed E-state index contributed by atoms with van der Waals surface area (Å²) in [6.45, 7) is 0.451. The summed E-state index contributed by atoms with van der Waals surface area (Å²) >= 11 is 0. The van der Waals surface area contributed by atoms with Gasteiger partial charge in [-0.2, -0.15) is 0 Å². The highest BCUT2D eigenvalue weighted by molar-refractivity contribution is 7.92. The van der Waals surface area contributed by atoms with Crippen LogP contribution in [0.25, 0.3) is 11.1 Å². The number of hydrogen-bond acceptors (Lipinski definition) is 8. The van der Waals surface area contributed by atoms with Gasteiger partial charge in [-0.05, 0) is 103 Å². The minimum Gasteiger partial charge on any atom is -0.492 e. The molecular formula is C33H36N2O6S2. The van der Waals surface area contributed by atoms with E-state index in [0.29, 0.717) is 17.9 Å². The second-order valence-corrected chi connectivity index (χ2v) is 15.0. The maximum atomic E-state index is 13.2. The van der Waals surface area contributed by atoms with E-state index in [-0.39, 0.29) is 48.9 Å². The van der Waals surface area contributed by atoms with Gasteiger partial charge in [-0.1, -0.05) is 48.5 Å². The molecule has 4 aromatic carbocycles. The highest BCUT2D eigenvalue weighted by Gasteiger charge is 2.29. The SMILES string of the molecule is NCCC(COc1ccc2c(c1)Cc1cc(OCC(CCN)S(=O)(=O)c3ccccc3)ccc1-2)S(=O)(=O)c1ccccc1. The Hall–Kier alpha value is -3.70. The molecule has 4 N–H and O–H groups in total. The number of rotatable bonds is 14. The van der Waals surface area contributed by atoms with Crippen molar-refractivity contribution in [3.05, 3.63) is 108 Å². The Morgan fingerprint density at radius 2 is 0.977 bits per heavy atom. The van der Waals surface area contributed by atoms with Gasteiger partial charge in [-0.25, -0.2) is 16.8 Å². The molecule has 10 heteroatoms. The summed E-state index contributed by atoms with van der Waals surface area (Å²) in [5.41, 5.74) is 15.7. The Bertz CT molecular complexity index is 1630. The number of ether oxygens (including phenoxy) is 2. The van der Waals surface area contributed by atoms with E-state index in [1.54, 1.807) is 60.7 Å². The number of sulfone groups is 2. The van der Waals surface area contributed by atoms with Crippen LogP contribution in [0.5, 0.6) is 11.5 Å². The van der Waals surface area contributed by atoms with Gasteiger partial charge in [0.15, 0.2) is 19.7 Å². The van der Waals surface area contributed by atoms with E-state index in [0.717, 1.165) is 22.3 Å². The van der Waals surface area contributed by atoms with Crippen LogP contribution in [-0.2, 0) is 26.1 Å². The Balaban J connectivity index is 1.26. The lowest BCUT2D eigenvalue weighted by Gasteiger charge is -2.18. The van der Waals surface area contributed by atoms with Crippen molar-refractivity contribution in [2.45, 2.75) is 39.6 Å². The molecule has 0 aliphatic heterocycles. The quantitative estimate of drug-likeness (QED) is 0.186. The molecule has 226 valence electrons. The van der Waals surface area contributed by atoms with Gasteiger partial charge < -0.3 is 20.9 Å². The Labute approximate surface area is 253 Å². The molecule has 2 atom stereocenters. The molecule has 43 heavy (non-hydrogen) atoms. The summed E-state index contributed by atoms with van der Waals surface area (Å²) in [6.07, 6.45) is 1.21. The Morgan fingerprint density at radius 1 is 0.581 bits per heavy atom. The van der Waals surface area contributed by atoms with E-state index >= 15 is 0 Å². The maximum Gasteiger partial charge on any atom is 0.184 e. The number of nitrogens with two attached hydrogens (primary N) is 2. The van der Waals surface area contributed by atoms with Crippen LogP contribution in [0.15, 0.2) is 107 Å². The van der Waals surface area contributed by atoms with E-state index in [2.05, 4.69) is 0 Å². The molecule has 0 bridgehead atoms. The molecule has 0 radical (unpaired) electrons. The molecule has 2 unspecified atom stereocenters. The van der Waals surface area contributed by atoms with Crippen molar-refractivity contribution in [2.24, 2.45) is 11.5 Å². The first kappa shape index (κ1) is 30.7. The minimum absolute atomic E-state index is 0.00595. The molecule has 4 aromatic rings. The van der Waals surface area contributed by atoms with Gasteiger partial charge in [0.05, 0.1) is 9.79 Å². The van der Waals surface area contributed by atoms with Crippen molar-refractivity contribution < 1.29 is 26.3 Å². The van der Waals surface area contributed by atoms with Crippen molar-refractivity contribution in [3.63, 3.8) is 0 Å². The first-order valence-corrected chi connectivity index (χ1v) is 17.3. The van der Waals surface area contributed by atoms with E-state index in [9.17, 15) is 16.8 Å². The van der Waals surface area contributed by atoms with Crippen molar-refractivity contribution in [3.8, 4) is 22.6 Å². The Kier molecular flexibility index (Phi) is 9.51. The van der Waals surface area contributed by atoms with Crippen molar-refractivity contribution in [1.29, 1.82) is 0 Å².